The van der Waals surface area contributed by atoms with Crippen molar-refractivity contribution in [2.75, 3.05) is 0 Å². The van der Waals surface area contributed by atoms with Crippen LogP contribution in [0, 0.1) is 17.0 Å². The number of hydrogen-bond acceptors (Lipinski definition) is 7. The van der Waals surface area contributed by atoms with E-state index in [1.54, 1.807) is 20.0 Å². The fourth-order valence-electron chi connectivity index (χ4n) is 1.83. The zero-order valence-electron chi connectivity index (χ0n) is 10.7. The Morgan fingerprint density at radius 2 is 2.20 bits per heavy atom. The molecule has 0 spiro atoms. The molecule has 0 bridgehead atoms. The van der Waals surface area contributed by atoms with Gasteiger partial charge in [0, 0.05) is 11.1 Å². The first kappa shape index (κ1) is 14.8. The maximum atomic E-state index is 11.5. The lowest BCUT2D eigenvalue weighted by Gasteiger charge is -2.15. The zero-order valence-corrected chi connectivity index (χ0v) is 12.3. The van der Waals surface area contributed by atoms with Crippen LogP contribution in [0.1, 0.15) is 27.9 Å². The van der Waals surface area contributed by atoms with Gasteiger partial charge < -0.3 is 14.7 Å². The van der Waals surface area contributed by atoms with Crippen LogP contribution < -0.4 is 0 Å². The van der Waals surface area contributed by atoms with Gasteiger partial charge in [-0.2, -0.15) is 0 Å². The van der Waals surface area contributed by atoms with Gasteiger partial charge in [-0.15, -0.1) is 11.3 Å². The number of hydrogen-bond donors (Lipinski definition) is 0. The molecule has 2 heterocycles. The summed E-state index contributed by atoms with van der Waals surface area (Å²) in [4.78, 5) is 19.1. The molecule has 0 N–H and O–H groups in total. The molecular weight excluding hydrogens is 304 g/mol. The summed E-state index contributed by atoms with van der Waals surface area (Å²) in [5.74, 6) is -0.117. The molecule has 0 aliphatic rings. The summed E-state index contributed by atoms with van der Waals surface area (Å²) >= 11 is -1.28. The maximum absolute atomic E-state index is 11.5. The quantitative estimate of drug-likeness (QED) is 0.469. The lowest BCUT2D eigenvalue weighted by molar-refractivity contribution is -0.392. The van der Waals surface area contributed by atoms with Gasteiger partial charge in [-0.1, -0.05) is 0 Å². The van der Waals surface area contributed by atoms with Crippen molar-refractivity contribution >= 4 is 28.2 Å². The minimum atomic E-state index is -2.51. The lowest BCUT2D eigenvalue weighted by Crippen LogP contribution is -2.15. The van der Waals surface area contributed by atoms with Crippen LogP contribution in [0.4, 0.5) is 5.82 Å². The number of nitrogens with zero attached hydrogens (tertiary/aromatic N) is 4. The summed E-state index contributed by atoms with van der Waals surface area (Å²) < 4.78 is 24.3. The van der Waals surface area contributed by atoms with Crippen molar-refractivity contribution in [3.63, 3.8) is 0 Å². The van der Waals surface area contributed by atoms with Crippen molar-refractivity contribution in [1.82, 2.24) is 14.5 Å². The van der Waals surface area contributed by atoms with Gasteiger partial charge in [0.05, 0.1) is 6.54 Å². The summed E-state index contributed by atoms with van der Waals surface area (Å²) in [5, 5.41) is 10.2. The highest BCUT2D eigenvalue weighted by atomic mass is 32.2. The third kappa shape index (κ3) is 2.62. The van der Waals surface area contributed by atoms with E-state index >= 15 is 0 Å². The van der Waals surface area contributed by atoms with Gasteiger partial charge in [0.15, 0.2) is 5.25 Å². The Balaban J connectivity index is 2.56. The Morgan fingerprint density at radius 3 is 2.65 bits per heavy atom. The van der Waals surface area contributed by atoms with Crippen LogP contribution in [0.5, 0.6) is 0 Å². The summed E-state index contributed by atoms with van der Waals surface area (Å²) in [5.41, 5.74) is 0. The molecule has 0 radical (unpaired) electrons. The van der Waals surface area contributed by atoms with Crippen LogP contribution >= 0.6 is 11.3 Å². The molecule has 8 nitrogen and oxygen atoms in total. The first-order chi connectivity index (χ1) is 9.45. The molecule has 0 aromatic carbocycles. The Morgan fingerprint density at radius 1 is 1.50 bits per heavy atom. The monoisotopic (exact) mass is 315 g/mol. The molecule has 0 amide bonds. The molecule has 0 aliphatic carbocycles. The van der Waals surface area contributed by atoms with Crippen LogP contribution in [0.3, 0.4) is 0 Å². The van der Waals surface area contributed by atoms with Crippen molar-refractivity contribution in [1.29, 1.82) is 0 Å². The van der Waals surface area contributed by atoms with Gasteiger partial charge in [-0.05, 0) is 29.9 Å². The molecule has 2 aromatic heterocycles. The van der Waals surface area contributed by atoms with E-state index in [0.717, 1.165) is 11.1 Å². The van der Waals surface area contributed by atoms with Gasteiger partial charge in [0.2, 0.25) is 5.82 Å². The predicted octanol–water partition coefficient (Wildman–Crippen LogP) is 1.54. The minimum absolute atomic E-state index is 0.113. The van der Waals surface area contributed by atoms with Crippen molar-refractivity contribution in [2.45, 2.75) is 25.6 Å². The van der Waals surface area contributed by atoms with Gasteiger partial charge in [-0.3, -0.25) is 4.21 Å². The number of nitro groups is 1. The molecular formula is C10H11N4O4S2-. The first-order valence-corrected chi connectivity index (χ1v) is 7.61. The second-order valence-corrected chi connectivity index (χ2v) is 6.18. The molecule has 0 saturated carbocycles. The van der Waals surface area contributed by atoms with E-state index in [1.165, 1.54) is 15.9 Å². The van der Waals surface area contributed by atoms with E-state index in [9.17, 15) is 18.9 Å². The zero-order chi connectivity index (χ0) is 14.9. The predicted molar refractivity (Wildman–Crippen MR) is 72.2 cm³/mol. The number of imidazole rings is 1. The third-order valence-corrected chi connectivity index (χ3v) is 4.60. The van der Waals surface area contributed by atoms with E-state index in [-0.39, 0.29) is 18.2 Å². The Bertz CT molecular complexity index is 666. The van der Waals surface area contributed by atoms with E-state index in [1.807, 2.05) is 0 Å². The fourth-order valence-corrected chi connectivity index (χ4v) is 3.55. The van der Waals surface area contributed by atoms with E-state index in [0.29, 0.717) is 5.01 Å². The second-order valence-electron chi connectivity index (χ2n) is 3.93. The number of aryl methyl sites for hydroxylation is 1. The number of rotatable bonds is 5. The van der Waals surface area contributed by atoms with E-state index in [2.05, 4.69) is 9.97 Å². The lowest BCUT2D eigenvalue weighted by atomic mass is 10.4. The highest BCUT2D eigenvalue weighted by Gasteiger charge is 2.30. The summed E-state index contributed by atoms with van der Waals surface area (Å²) in [6, 6.07) is 0. The van der Waals surface area contributed by atoms with Crippen LogP contribution in [-0.2, 0) is 17.6 Å². The summed E-state index contributed by atoms with van der Waals surface area (Å²) in [6.45, 7) is 3.75. The summed E-state index contributed by atoms with van der Waals surface area (Å²) in [6.07, 6.45) is 2.63. The van der Waals surface area contributed by atoms with Crippen molar-refractivity contribution < 1.29 is 13.7 Å². The average molecular weight is 315 g/mol. The fraction of sp³-hybridized carbons (Fsp3) is 0.400. The van der Waals surface area contributed by atoms with Gasteiger partial charge in [0.25, 0.3) is 0 Å². The Labute approximate surface area is 120 Å². The third-order valence-electron chi connectivity index (χ3n) is 2.66. The van der Waals surface area contributed by atoms with Crippen molar-refractivity contribution in [3.8, 4) is 0 Å². The Hall–Kier alpha value is -1.65. The van der Waals surface area contributed by atoms with Crippen molar-refractivity contribution in [2.24, 2.45) is 0 Å². The maximum Gasteiger partial charge on any atom is 0.342 e. The normalized spacial score (nSPS) is 14.2. The molecule has 0 saturated heterocycles. The Kier molecular flexibility index (Phi) is 4.26. The van der Waals surface area contributed by atoms with Crippen LogP contribution in [0.15, 0.2) is 12.4 Å². The standard InChI is InChI=1S/C10H12N4O4S2/c1-3-13-7(14(15)16)5-11-9(13)8(20(17)18)10-12-4-6(2)19-10/h4-5,8H,3H2,1-2H3,(H,17,18)/p-1. The highest BCUT2D eigenvalue weighted by molar-refractivity contribution is 7.79. The van der Waals surface area contributed by atoms with Gasteiger partial charge in [0.1, 0.15) is 11.2 Å². The van der Waals surface area contributed by atoms with Crippen LogP contribution in [0.25, 0.3) is 0 Å². The number of aromatic nitrogens is 3. The molecule has 10 heteroatoms. The number of thiazole rings is 1. The van der Waals surface area contributed by atoms with Crippen molar-refractivity contribution in [3.05, 3.63) is 38.2 Å². The van der Waals surface area contributed by atoms with Gasteiger partial charge in [-0.25, -0.2) is 14.5 Å². The molecule has 108 valence electrons. The topological polar surface area (TPSA) is 114 Å². The molecule has 20 heavy (non-hydrogen) atoms. The first-order valence-electron chi connectivity index (χ1n) is 5.65. The van der Waals surface area contributed by atoms with Gasteiger partial charge >= 0.3 is 5.82 Å². The largest absolute Gasteiger partial charge is 0.771 e. The molecule has 2 atom stereocenters. The SMILES string of the molecule is CCn1c([N+](=O)[O-])cnc1C(c1ncc(C)s1)S(=O)[O-]. The minimum Gasteiger partial charge on any atom is -0.771 e. The average Bonchev–Trinajstić information content (AvgIpc) is 2.96. The van der Waals surface area contributed by atoms with E-state index < -0.39 is 21.3 Å². The van der Waals surface area contributed by atoms with Crippen LogP contribution in [0.2, 0.25) is 0 Å². The van der Waals surface area contributed by atoms with E-state index in [4.69, 9.17) is 0 Å². The molecule has 2 rings (SSSR count). The smallest absolute Gasteiger partial charge is 0.342 e. The molecule has 0 fully saturated rings. The highest BCUT2D eigenvalue weighted by Crippen LogP contribution is 2.31. The summed E-state index contributed by atoms with van der Waals surface area (Å²) in [7, 11) is 0. The molecule has 0 aliphatic heterocycles. The molecule has 2 unspecified atom stereocenters. The van der Waals surface area contributed by atoms with Crippen LogP contribution in [-0.4, -0.2) is 28.2 Å². The second kappa shape index (κ2) is 5.77. The molecule has 2 aromatic rings.